The van der Waals surface area contributed by atoms with Gasteiger partial charge in [0.2, 0.25) is 0 Å². The lowest BCUT2D eigenvalue weighted by molar-refractivity contribution is 0.330. The molecule has 0 aliphatic carbocycles. The Kier molecular flexibility index (Phi) is 3.02. The number of hydrogen-bond donors (Lipinski definition) is 2. The number of nitrogens with zero attached hydrogens (tertiary/aromatic N) is 2. The molecule has 1 aromatic rings. The first-order valence-corrected chi connectivity index (χ1v) is 6.01. The number of aryl methyl sites for hydroxylation is 1. The summed E-state index contributed by atoms with van der Waals surface area (Å²) in [7, 11) is 0. The van der Waals surface area contributed by atoms with Crippen molar-refractivity contribution in [3.63, 3.8) is 0 Å². The summed E-state index contributed by atoms with van der Waals surface area (Å²) in [5.74, 6) is 0.137. The first-order chi connectivity index (χ1) is 7.16. The molecule has 0 amide bonds. The quantitative estimate of drug-likeness (QED) is 0.601. The van der Waals surface area contributed by atoms with Gasteiger partial charge in [-0.05, 0) is 32.9 Å². The third kappa shape index (κ3) is 2.35. The zero-order valence-electron chi connectivity index (χ0n) is 8.92. The second kappa shape index (κ2) is 4.28. The fourth-order valence-corrected chi connectivity index (χ4v) is 2.87. The topological polar surface area (TPSA) is 66.0 Å². The molecule has 1 saturated heterocycles. The summed E-state index contributed by atoms with van der Waals surface area (Å²) in [5.41, 5.74) is 6.37. The Morgan fingerprint density at radius 2 is 2.20 bits per heavy atom. The van der Waals surface area contributed by atoms with Gasteiger partial charge in [-0.2, -0.15) is 0 Å². The van der Waals surface area contributed by atoms with Crippen molar-refractivity contribution in [3.8, 4) is 0 Å². The highest BCUT2D eigenvalue weighted by Crippen LogP contribution is 2.20. The summed E-state index contributed by atoms with van der Waals surface area (Å²) in [6, 6.07) is 0. The maximum absolute atomic E-state index is 7.41. The fraction of sp³-hybridized carbons (Fsp3) is 0.600. The minimum absolute atomic E-state index is 0.137. The van der Waals surface area contributed by atoms with E-state index >= 15 is 0 Å². The highest BCUT2D eigenvalue weighted by molar-refractivity contribution is 7.13. The molecule has 15 heavy (non-hydrogen) atoms. The van der Waals surface area contributed by atoms with Crippen LogP contribution in [-0.4, -0.2) is 28.8 Å². The van der Waals surface area contributed by atoms with E-state index in [1.165, 1.54) is 25.9 Å². The second-order valence-electron chi connectivity index (χ2n) is 3.92. The summed E-state index contributed by atoms with van der Waals surface area (Å²) >= 11 is 1.55. The molecule has 1 aromatic heterocycles. The van der Waals surface area contributed by atoms with Crippen LogP contribution >= 0.6 is 11.3 Å². The number of aromatic nitrogens is 1. The maximum atomic E-state index is 7.41. The monoisotopic (exact) mass is 224 g/mol. The highest BCUT2D eigenvalue weighted by atomic mass is 32.1. The van der Waals surface area contributed by atoms with Crippen molar-refractivity contribution < 1.29 is 0 Å². The highest BCUT2D eigenvalue weighted by Gasteiger charge is 2.15. The number of nitrogens with two attached hydrogens (primary N) is 1. The van der Waals surface area contributed by atoms with Gasteiger partial charge in [0, 0.05) is 0 Å². The number of nitrogens with one attached hydrogen (secondary N) is 1. The first-order valence-electron chi connectivity index (χ1n) is 5.20. The van der Waals surface area contributed by atoms with E-state index in [2.05, 4.69) is 9.88 Å². The van der Waals surface area contributed by atoms with E-state index in [-0.39, 0.29) is 5.84 Å². The standard InChI is InChI=1S/C10H16N4S/c1-7-9(10(11)12)15-8(13-7)6-14-4-2-3-5-14/h2-6H2,1H3,(H3,11,12). The molecule has 4 nitrogen and oxygen atoms in total. The number of amidine groups is 1. The Bertz CT molecular complexity index is 365. The van der Waals surface area contributed by atoms with Gasteiger partial charge in [0.1, 0.15) is 10.8 Å². The summed E-state index contributed by atoms with van der Waals surface area (Å²) in [5, 5.41) is 8.49. The summed E-state index contributed by atoms with van der Waals surface area (Å²) in [4.78, 5) is 7.68. The molecule has 1 fully saturated rings. The summed E-state index contributed by atoms with van der Waals surface area (Å²) < 4.78 is 0. The van der Waals surface area contributed by atoms with Gasteiger partial charge >= 0.3 is 0 Å². The van der Waals surface area contributed by atoms with E-state index in [0.717, 1.165) is 22.1 Å². The third-order valence-corrected chi connectivity index (χ3v) is 3.82. The lowest BCUT2D eigenvalue weighted by atomic mass is 10.4. The zero-order valence-corrected chi connectivity index (χ0v) is 9.73. The number of rotatable bonds is 3. The van der Waals surface area contributed by atoms with Crippen LogP contribution in [0.15, 0.2) is 0 Å². The molecule has 3 N–H and O–H groups in total. The van der Waals surface area contributed by atoms with E-state index in [0.29, 0.717) is 0 Å². The molecule has 0 aromatic carbocycles. The van der Waals surface area contributed by atoms with Crippen LogP contribution in [0.1, 0.15) is 28.4 Å². The minimum atomic E-state index is 0.137. The lowest BCUT2D eigenvalue weighted by Gasteiger charge is -2.11. The van der Waals surface area contributed by atoms with E-state index < -0.39 is 0 Å². The average molecular weight is 224 g/mol. The van der Waals surface area contributed by atoms with Gasteiger partial charge in [-0.25, -0.2) is 4.98 Å². The minimum Gasteiger partial charge on any atom is -0.383 e. The smallest absolute Gasteiger partial charge is 0.135 e. The molecule has 2 rings (SSSR count). The van der Waals surface area contributed by atoms with Gasteiger partial charge in [-0.15, -0.1) is 11.3 Å². The first kappa shape index (κ1) is 10.6. The molecule has 0 unspecified atom stereocenters. The van der Waals surface area contributed by atoms with Crippen LogP contribution in [0, 0.1) is 12.3 Å². The van der Waals surface area contributed by atoms with Gasteiger partial charge in [-0.1, -0.05) is 0 Å². The largest absolute Gasteiger partial charge is 0.383 e. The van der Waals surface area contributed by atoms with E-state index in [9.17, 15) is 0 Å². The van der Waals surface area contributed by atoms with Gasteiger partial charge in [0.15, 0.2) is 0 Å². The summed E-state index contributed by atoms with van der Waals surface area (Å²) in [6.07, 6.45) is 2.59. The Labute approximate surface area is 93.6 Å². The normalized spacial score (nSPS) is 17.1. The van der Waals surface area contributed by atoms with Crippen LogP contribution in [0.5, 0.6) is 0 Å². The molecular weight excluding hydrogens is 208 g/mol. The van der Waals surface area contributed by atoms with Gasteiger partial charge < -0.3 is 5.73 Å². The molecule has 0 atom stereocenters. The second-order valence-corrected chi connectivity index (χ2v) is 5.00. The number of nitrogen functional groups attached to an aromatic ring is 1. The van der Waals surface area contributed by atoms with E-state index in [4.69, 9.17) is 11.1 Å². The molecule has 1 aliphatic rings. The van der Waals surface area contributed by atoms with Crippen LogP contribution in [0.25, 0.3) is 0 Å². The summed E-state index contributed by atoms with van der Waals surface area (Å²) in [6.45, 7) is 5.18. The van der Waals surface area contributed by atoms with Crippen LogP contribution in [0.2, 0.25) is 0 Å². The fourth-order valence-electron chi connectivity index (χ4n) is 1.90. The van der Waals surface area contributed by atoms with Crippen LogP contribution < -0.4 is 5.73 Å². The van der Waals surface area contributed by atoms with Crippen LogP contribution in [0.4, 0.5) is 0 Å². The Hall–Kier alpha value is -0.940. The molecule has 1 aliphatic heterocycles. The molecule has 0 radical (unpaired) electrons. The average Bonchev–Trinajstić information content (AvgIpc) is 2.75. The predicted molar refractivity (Wildman–Crippen MR) is 62.4 cm³/mol. The maximum Gasteiger partial charge on any atom is 0.135 e. The molecule has 82 valence electrons. The van der Waals surface area contributed by atoms with Crippen molar-refractivity contribution >= 4 is 17.2 Å². The van der Waals surface area contributed by atoms with Crippen molar-refractivity contribution in [1.82, 2.24) is 9.88 Å². The van der Waals surface area contributed by atoms with Crippen LogP contribution in [-0.2, 0) is 6.54 Å². The Morgan fingerprint density at radius 1 is 1.53 bits per heavy atom. The molecular formula is C10H16N4S. The third-order valence-electron chi connectivity index (χ3n) is 2.64. The Balaban J connectivity index is 2.08. The van der Waals surface area contributed by atoms with E-state index in [1.807, 2.05) is 6.92 Å². The van der Waals surface area contributed by atoms with Gasteiger partial charge in [-0.3, -0.25) is 10.3 Å². The molecule has 2 heterocycles. The molecule has 0 bridgehead atoms. The van der Waals surface area contributed by atoms with Crippen molar-refractivity contribution in [2.24, 2.45) is 5.73 Å². The Morgan fingerprint density at radius 3 is 2.73 bits per heavy atom. The molecule has 0 spiro atoms. The van der Waals surface area contributed by atoms with Crippen molar-refractivity contribution in [2.75, 3.05) is 13.1 Å². The van der Waals surface area contributed by atoms with Crippen LogP contribution in [0.3, 0.4) is 0 Å². The predicted octanol–water partition coefficient (Wildman–Crippen LogP) is 1.33. The molecule has 5 heteroatoms. The zero-order chi connectivity index (χ0) is 10.8. The molecule has 0 saturated carbocycles. The lowest BCUT2D eigenvalue weighted by Crippen LogP contribution is -2.18. The number of hydrogen-bond acceptors (Lipinski definition) is 4. The van der Waals surface area contributed by atoms with Gasteiger partial charge in [0.05, 0.1) is 17.1 Å². The number of thiazole rings is 1. The van der Waals surface area contributed by atoms with Gasteiger partial charge in [0.25, 0.3) is 0 Å². The number of likely N-dealkylation sites (tertiary alicyclic amines) is 1. The van der Waals surface area contributed by atoms with Crippen molar-refractivity contribution in [1.29, 1.82) is 5.41 Å². The SMILES string of the molecule is Cc1nc(CN2CCCC2)sc1C(=N)N. The van der Waals surface area contributed by atoms with Crippen molar-refractivity contribution in [2.45, 2.75) is 26.3 Å². The van der Waals surface area contributed by atoms with E-state index in [1.54, 1.807) is 11.3 Å². The van der Waals surface area contributed by atoms with Crippen molar-refractivity contribution in [3.05, 3.63) is 15.6 Å².